The Morgan fingerprint density at radius 1 is 1.14 bits per heavy atom. The molecule has 3 rings (SSSR count). The van der Waals surface area contributed by atoms with Crippen LogP contribution in [0.2, 0.25) is 0 Å². The molecule has 2 aromatic carbocycles. The Morgan fingerprint density at radius 3 is 2.38 bits per heavy atom. The fourth-order valence-electron chi connectivity index (χ4n) is 3.28. The molecule has 0 unspecified atom stereocenters. The summed E-state index contributed by atoms with van der Waals surface area (Å²) in [6.45, 7) is 7.02. The third kappa shape index (κ3) is 5.01. The number of benzene rings is 2. The molecule has 0 bridgehead atoms. The van der Waals surface area contributed by atoms with Gasteiger partial charge in [-0.2, -0.15) is 0 Å². The summed E-state index contributed by atoms with van der Waals surface area (Å²) in [6.07, 6.45) is 0. The molecule has 1 aliphatic rings. The number of halogens is 1. The van der Waals surface area contributed by atoms with Gasteiger partial charge in [-0.3, -0.25) is 14.9 Å². The number of nitrogens with one attached hydrogen (secondary N) is 1. The van der Waals surface area contributed by atoms with Crippen molar-refractivity contribution in [3.05, 3.63) is 64.0 Å². The Morgan fingerprint density at radius 2 is 1.79 bits per heavy atom. The zero-order valence-electron chi connectivity index (χ0n) is 16.6. The highest BCUT2D eigenvalue weighted by molar-refractivity contribution is 5.94. The average molecular weight is 400 g/mol. The summed E-state index contributed by atoms with van der Waals surface area (Å²) in [7, 11) is 0. The molecule has 0 spiro atoms. The molecule has 1 aliphatic heterocycles. The molecule has 1 N–H and O–H groups in total. The smallest absolute Gasteiger partial charge is 0.292 e. The van der Waals surface area contributed by atoms with Gasteiger partial charge in [0.2, 0.25) is 0 Å². The van der Waals surface area contributed by atoms with Gasteiger partial charge in [-0.15, -0.1) is 0 Å². The van der Waals surface area contributed by atoms with Crippen molar-refractivity contribution in [2.45, 2.75) is 13.8 Å². The van der Waals surface area contributed by atoms with E-state index in [9.17, 15) is 19.3 Å². The van der Waals surface area contributed by atoms with E-state index >= 15 is 0 Å². The standard InChI is InChI=1S/C21H25FN4O3/c1-15(2)14-23-19-13-18(7-8-20(19)26(28)29)24-9-11-25(12-10-24)21(27)16-3-5-17(22)6-4-16/h3-8,13,15,23H,9-12,14H2,1-2H3. The first-order valence-electron chi connectivity index (χ1n) is 9.67. The number of carbonyl (C=O) groups excluding carboxylic acids is 1. The van der Waals surface area contributed by atoms with Crippen LogP contribution in [0.25, 0.3) is 0 Å². The number of hydrogen-bond acceptors (Lipinski definition) is 5. The summed E-state index contributed by atoms with van der Waals surface area (Å²) >= 11 is 0. The zero-order chi connectivity index (χ0) is 21.0. The molecule has 1 amide bonds. The molecular formula is C21H25FN4O3. The molecule has 29 heavy (non-hydrogen) atoms. The summed E-state index contributed by atoms with van der Waals surface area (Å²) in [5, 5.41) is 14.5. The van der Waals surface area contributed by atoms with E-state index in [-0.39, 0.29) is 22.3 Å². The predicted octanol–water partition coefficient (Wildman–Crippen LogP) is 3.76. The van der Waals surface area contributed by atoms with Crippen molar-refractivity contribution in [2.75, 3.05) is 42.9 Å². The number of anilines is 2. The van der Waals surface area contributed by atoms with Crippen LogP contribution < -0.4 is 10.2 Å². The van der Waals surface area contributed by atoms with E-state index in [1.807, 2.05) is 13.8 Å². The van der Waals surface area contributed by atoms with Crippen LogP contribution in [-0.4, -0.2) is 48.5 Å². The first kappa shape index (κ1) is 20.6. The lowest BCUT2D eigenvalue weighted by Crippen LogP contribution is -2.48. The van der Waals surface area contributed by atoms with Gasteiger partial charge >= 0.3 is 0 Å². The molecule has 154 valence electrons. The largest absolute Gasteiger partial charge is 0.379 e. The Labute approximate surface area is 169 Å². The van der Waals surface area contributed by atoms with Gasteiger partial charge in [0.15, 0.2) is 0 Å². The monoisotopic (exact) mass is 400 g/mol. The van der Waals surface area contributed by atoms with Crippen LogP contribution in [0.5, 0.6) is 0 Å². The van der Waals surface area contributed by atoms with Crippen LogP contribution in [0.4, 0.5) is 21.5 Å². The van der Waals surface area contributed by atoms with Gasteiger partial charge < -0.3 is 15.1 Å². The molecule has 0 atom stereocenters. The lowest BCUT2D eigenvalue weighted by molar-refractivity contribution is -0.383. The maximum atomic E-state index is 13.1. The molecule has 1 heterocycles. The Kier molecular flexibility index (Phi) is 6.31. The van der Waals surface area contributed by atoms with Gasteiger partial charge in [-0.25, -0.2) is 4.39 Å². The quantitative estimate of drug-likeness (QED) is 0.590. The van der Waals surface area contributed by atoms with E-state index in [0.29, 0.717) is 49.9 Å². The SMILES string of the molecule is CC(C)CNc1cc(N2CCN(C(=O)c3ccc(F)cc3)CC2)ccc1[N+](=O)[O-]. The first-order valence-corrected chi connectivity index (χ1v) is 9.67. The summed E-state index contributed by atoms with van der Waals surface area (Å²) in [6, 6.07) is 10.6. The highest BCUT2D eigenvalue weighted by atomic mass is 19.1. The van der Waals surface area contributed by atoms with E-state index in [0.717, 1.165) is 5.69 Å². The van der Waals surface area contributed by atoms with Crippen LogP contribution in [-0.2, 0) is 0 Å². The molecule has 2 aromatic rings. The maximum absolute atomic E-state index is 13.1. The summed E-state index contributed by atoms with van der Waals surface area (Å²) < 4.78 is 13.1. The first-order chi connectivity index (χ1) is 13.8. The molecular weight excluding hydrogens is 375 g/mol. The highest BCUT2D eigenvalue weighted by Crippen LogP contribution is 2.30. The molecule has 0 aromatic heterocycles. The second-order valence-electron chi connectivity index (χ2n) is 7.52. The van der Waals surface area contributed by atoms with Crippen LogP contribution in [0.15, 0.2) is 42.5 Å². The molecule has 1 fully saturated rings. The van der Waals surface area contributed by atoms with E-state index in [4.69, 9.17) is 0 Å². The minimum Gasteiger partial charge on any atom is -0.379 e. The summed E-state index contributed by atoms with van der Waals surface area (Å²) in [5.74, 6) is -0.127. The average Bonchev–Trinajstić information content (AvgIpc) is 2.72. The minimum absolute atomic E-state index is 0.0551. The van der Waals surface area contributed by atoms with Gasteiger partial charge in [0.05, 0.1) is 4.92 Å². The zero-order valence-corrected chi connectivity index (χ0v) is 16.6. The number of piperazine rings is 1. The van der Waals surface area contributed by atoms with Gasteiger partial charge in [0.25, 0.3) is 11.6 Å². The van der Waals surface area contributed by atoms with Crippen molar-refractivity contribution in [2.24, 2.45) is 5.92 Å². The van der Waals surface area contributed by atoms with Crippen LogP contribution in [0.3, 0.4) is 0 Å². The minimum atomic E-state index is -0.383. The van der Waals surface area contributed by atoms with E-state index < -0.39 is 0 Å². The molecule has 8 heteroatoms. The van der Waals surface area contributed by atoms with Crippen LogP contribution in [0, 0.1) is 21.8 Å². The summed E-state index contributed by atoms with van der Waals surface area (Å²) in [4.78, 5) is 27.4. The number of nitro benzene ring substituents is 1. The highest BCUT2D eigenvalue weighted by Gasteiger charge is 2.24. The van der Waals surface area contributed by atoms with Gasteiger partial charge in [-0.05, 0) is 42.3 Å². The normalized spacial score (nSPS) is 14.2. The molecule has 7 nitrogen and oxygen atoms in total. The lowest BCUT2D eigenvalue weighted by Gasteiger charge is -2.36. The Balaban J connectivity index is 1.68. The number of amides is 1. The third-order valence-corrected chi connectivity index (χ3v) is 4.90. The van der Waals surface area contributed by atoms with E-state index in [2.05, 4.69) is 10.2 Å². The number of carbonyl (C=O) groups is 1. The van der Waals surface area contributed by atoms with Crippen LogP contribution >= 0.6 is 0 Å². The molecule has 0 radical (unpaired) electrons. The van der Waals surface area contributed by atoms with E-state index in [1.54, 1.807) is 17.0 Å². The van der Waals surface area contributed by atoms with Gasteiger partial charge in [0.1, 0.15) is 11.5 Å². The lowest BCUT2D eigenvalue weighted by atomic mass is 10.1. The topological polar surface area (TPSA) is 78.7 Å². The maximum Gasteiger partial charge on any atom is 0.292 e. The number of hydrogen-bond donors (Lipinski definition) is 1. The molecule has 0 aliphatic carbocycles. The van der Waals surface area contributed by atoms with Crippen LogP contribution in [0.1, 0.15) is 24.2 Å². The second kappa shape index (κ2) is 8.89. The van der Waals surface area contributed by atoms with Crippen molar-refractivity contribution >= 4 is 23.0 Å². The Bertz CT molecular complexity index is 878. The fraction of sp³-hybridized carbons (Fsp3) is 0.381. The predicted molar refractivity (Wildman–Crippen MR) is 111 cm³/mol. The van der Waals surface area contributed by atoms with Crippen molar-refractivity contribution < 1.29 is 14.1 Å². The molecule has 1 saturated heterocycles. The summed E-state index contributed by atoms with van der Waals surface area (Å²) in [5.41, 5.74) is 1.91. The number of rotatable bonds is 6. The fourth-order valence-corrected chi connectivity index (χ4v) is 3.28. The van der Waals surface area contributed by atoms with E-state index in [1.165, 1.54) is 30.3 Å². The van der Waals surface area contributed by atoms with Crippen molar-refractivity contribution in [3.63, 3.8) is 0 Å². The second-order valence-corrected chi connectivity index (χ2v) is 7.52. The van der Waals surface area contributed by atoms with Crippen molar-refractivity contribution in [1.29, 1.82) is 0 Å². The number of nitrogens with zero attached hydrogens (tertiary/aromatic N) is 3. The molecule has 0 saturated carbocycles. The Hall–Kier alpha value is -3.16. The number of nitro groups is 1. The van der Waals surface area contributed by atoms with Crippen molar-refractivity contribution in [1.82, 2.24) is 4.90 Å². The van der Waals surface area contributed by atoms with Gasteiger partial charge in [-0.1, -0.05) is 13.8 Å². The third-order valence-electron chi connectivity index (χ3n) is 4.90. The van der Waals surface area contributed by atoms with Crippen molar-refractivity contribution in [3.8, 4) is 0 Å². The van der Waals surface area contributed by atoms with Gasteiger partial charge in [0, 0.05) is 50.0 Å².